The van der Waals surface area contributed by atoms with E-state index >= 15 is 0 Å². The lowest BCUT2D eigenvalue weighted by Crippen LogP contribution is -2.44. The number of nitrogens with one attached hydrogen (secondary N) is 1. The molecule has 2 heterocycles. The Morgan fingerprint density at radius 2 is 2.05 bits per heavy atom. The lowest BCUT2D eigenvalue weighted by Gasteiger charge is -2.38. The molecule has 1 aromatic carbocycles. The summed E-state index contributed by atoms with van der Waals surface area (Å²) in [6.45, 7) is 4.05. The minimum atomic E-state index is 0.0436. The highest BCUT2D eigenvalue weighted by molar-refractivity contribution is 6.31. The van der Waals surface area contributed by atoms with Gasteiger partial charge >= 0.3 is 0 Å². The number of likely N-dealkylation sites (tertiary alicyclic amines) is 1. The molecule has 4 nitrogen and oxygen atoms in total. The zero-order valence-electron chi connectivity index (χ0n) is 12.1. The second-order valence-corrected chi connectivity index (χ2v) is 6.57. The van der Waals surface area contributed by atoms with Gasteiger partial charge in [-0.3, -0.25) is 9.59 Å². The summed E-state index contributed by atoms with van der Waals surface area (Å²) in [6.07, 6.45) is 2.37. The molecule has 5 heteroatoms. The number of hydrogen-bond donors (Lipinski definition) is 1. The van der Waals surface area contributed by atoms with E-state index in [4.69, 9.17) is 11.6 Å². The van der Waals surface area contributed by atoms with Gasteiger partial charge in [0.25, 0.3) is 5.91 Å². The van der Waals surface area contributed by atoms with Crippen molar-refractivity contribution in [3.05, 3.63) is 34.3 Å². The summed E-state index contributed by atoms with van der Waals surface area (Å²) < 4.78 is 0. The molecule has 0 bridgehead atoms. The number of hydrogen-bond acceptors (Lipinski definition) is 2. The Morgan fingerprint density at radius 3 is 2.67 bits per heavy atom. The van der Waals surface area contributed by atoms with Crippen LogP contribution in [0.25, 0.3) is 0 Å². The fourth-order valence-electron chi connectivity index (χ4n) is 3.30. The maximum atomic E-state index is 12.6. The zero-order valence-corrected chi connectivity index (χ0v) is 12.9. The van der Waals surface area contributed by atoms with Crippen molar-refractivity contribution in [3.8, 4) is 0 Å². The van der Waals surface area contributed by atoms with Crippen molar-refractivity contribution < 1.29 is 9.59 Å². The molecule has 2 saturated heterocycles. The number of amides is 2. The minimum absolute atomic E-state index is 0.0436. The van der Waals surface area contributed by atoms with Gasteiger partial charge in [-0.1, -0.05) is 17.7 Å². The quantitative estimate of drug-likeness (QED) is 0.866. The molecule has 112 valence electrons. The monoisotopic (exact) mass is 306 g/mol. The standard InChI is InChI=1S/C16H19ClN2O2/c1-11-12(3-2-4-13(11)17)15(21)19-7-5-16(6-8-19)9-14(20)18-10-16/h2-4H,5-10H2,1H3,(H,18,20). The van der Waals surface area contributed by atoms with E-state index in [1.165, 1.54) is 0 Å². The van der Waals surface area contributed by atoms with Crippen LogP contribution < -0.4 is 5.32 Å². The SMILES string of the molecule is Cc1c(Cl)cccc1C(=O)N1CCC2(CC1)CNC(=O)C2. The fraction of sp³-hybridized carbons (Fsp3) is 0.500. The Labute approximate surface area is 129 Å². The van der Waals surface area contributed by atoms with Crippen LogP contribution in [0.1, 0.15) is 35.2 Å². The van der Waals surface area contributed by atoms with Crippen LogP contribution in [0.2, 0.25) is 5.02 Å². The third-order valence-electron chi connectivity index (χ3n) is 4.81. The predicted molar refractivity (Wildman–Crippen MR) is 81.4 cm³/mol. The van der Waals surface area contributed by atoms with Gasteiger partial charge in [-0.2, -0.15) is 0 Å². The summed E-state index contributed by atoms with van der Waals surface area (Å²) in [5.74, 6) is 0.183. The number of benzene rings is 1. The molecular weight excluding hydrogens is 288 g/mol. The van der Waals surface area contributed by atoms with E-state index in [1.54, 1.807) is 6.07 Å². The van der Waals surface area contributed by atoms with E-state index in [1.807, 2.05) is 24.0 Å². The average molecular weight is 307 g/mol. The van der Waals surface area contributed by atoms with Crippen LogP contribution in [0.5, 0.6) is 0 Å². The second-order valence-electron chi connectivity index (χ2n) is 6.16. The molecule has 21 heavy (non-hydrogen) atoms. The topological polar surface area (TPSA) is 49.4 Å². The van der Waals surface area contributed by atoms with Crippen LogP contribution in [0.4, 0.5) is 0 Å². The highest BCUT2D eigenvalue weighted by Gasteiger charge is 2.41. The van der Waals surface area contributed by atoms with Crippen molar-refractivity contribution in [1.82, 2.24) is 10.2 Å². The lowest BCUT2D eigenvalue weighted by atomic mass is 9.77. The first-order valence-electron chi connectivity index (χ1n) is 7.32. The van der Waals surface area contributed by atoms with Crippen molar-refractivity contribution >= 4 is 23.4 Å². The average Bonchev–Trinajstić information content (AvgIpc) is 2.83. The third-order valence-corrected chi connectivity index (χ3v) is 5.21. The molecule has 2 aliphatic heterocycles. The summed E-state index contributed by atoms with van der Waals surface area (Å²) in [4.78, 5) is 25.9. The first-order valence-corrected chi connectivity index (χ1v) is 7.70. The molecule has 1 N–H and O–H groups in total. The van der Waals surface area contributed by atoms with Crippen molar-refractivity contribution in [2.75, 3.05) is 19.6 Å². The van der Waals surface area contributed by atoms with Crippen molar-refractivity contribution in [1.29, 1.82) is 0 Å². The zero-order chi connectivity index (χ0) is 15.0. The molecule has 0 radical (unpaired) electrons. The van der Waals surface area contributed by atoms with Gasteiger partial charge in [-0.15, -0.1) is 0 Å². The molecule has 0 unspecified atom stereocenters. The summed E-state index contributed by atoms with van der Waals surface area (Å²) in [7, 11) is 0. The fourth-order valence-corrected chi connectivity index (χ4v) is 3.47. The largest absolute Gasteiger partial charge is 0.356 e. The van der Waals surface area contributed by atoms with Crippen LogP contribution >= 0.6 is 11.6 Å². The van der Waals surface area contributed by atoms with Gasteiger partial charge in [0.1, 0.15) is 0 Å². The number of carbonyl (C=O) groups is 2. The van der Waals surface area contributed by atoms with Gasteiger partial charge in [-0.05, 0) is 42.9 Å². The smallest absolute Gasteiger partial charge is 0.254 e. The molecule has 2 fully saturated rings. The van der Waals surface area contributed by atoms with E-state index < -0.39 is 0 Å². The Hall–Kier alpha value is -1.55. The van der Waals surface area contributed by atoms with Crippen LogP contribution in [0, 0.1) is 12.3 Å². The van der Waals surface area contributed by atoms with Crippen LogP contribution in [-0.4, -0.2) is 36.3 Å². The Kier molecular flexibility index (Phi) is 3.66. The van der Waals surface area contributed by atoms with Gasteiger partial charge in [0, 0.05) is 36.6 Å². The maximum Gasteiger partial charge on any atom is 0.254 e. The van der Waals surface area contributed by atoms with Crippen molar-refractivity contribution in [2.24, 2.45) is 5.41 Å². The summed E-state index contributed by atoms with van der Waals surface area (Å²) in [5, 5.41) is 3.54. The van der Waals surface area contributed by atoms with Crippen LogP contribution in [-0.2, 0) is 4.79 Å². The molecule has 1 spiro atoms. The van der Waals surface area contributed by atoms with Gasteiger partial charge in [0.05, 0.1) is 0 Å². The number of nitrogens with zero attached hydrogens (tertiary/aromatic N) is 1. The molecule has 0 aliphatic carbocycles. The third kappa shape index (κ3) is 2.64. The number of rotatable bonds is 1. The maximum absolute atomic E-state index is 12.6. The van der Waals surface area contributed by atoms with Gasteiger partial charge < -0.3 is 10.2 Å². The second kappa shape index (κ2) is 5.34. The number of carbonyl (C=O) groups excluding carboxylic acids is 2. The molecule has 0 aromatic heterocycles. The molecular formula is C16H19ClN2O2. The Bertz CT molecular complexity index is 592. The molecule has 2 amide bonds. The summed E-state index contributed by atoms with van der Waals surface area (Å²) in [6, 6.07) is 5.44. The number of piperidine rings is 1. The lowest BCUT2D eigenvalue weighted by molar-refractivity contribution is -0.119. The van der Waals surface area contributed by atoms with Gasteiger partial charge in [0.15, 0.2) is 0 Å². The van der Waals surface area contributed by atoms with E-state index in [0.717, 1.165) is 24.9 Å². The van der Waals surface area contributed by atoms with Gasteiger partial charge in [0.2, 0.25) is 5.91 Å². The Morgan fingerprint density at radius 1 is 1.33 bits per heavy atom. The molecule has 1 aromatic rings. The van der Waals surface area contributed by atoms with Crippen LogP contribution in [0.15, 0.2) is 18.2 Å². The van der Waals surface area contributed by atoms with E-state index in [2.05, 4.69) is 5.32 Å². The molecule has 0 atom stereocenters. The minimum Gasteiger partial charge on any atom is -0.356 e. The van der Waals surface area contributed by atoms with Gasteiger partial charge in [-0.25, -0.2) is 0 Å². The van der Waals surface area contributed by atoms with Crippen molar-refractivity contribution in [2.45, 2.75) is 26.2 Å². The summed E-state index contributed by atoms with van der Waals surface area (Å²) >= 11 is 6.09. The van der Waals surface area contributed by atoms with E-state index in [9.17, 15) is 9.59 Å². The van der Waals surface area contributed by atoms with Crippen LogP contribution in [0.3, 0.4) is 0 Å². The first-order chi connectivity index (χ1) is 10.0. The van der Waals surface area contributed by atoms with Crippen molar-refractivity contribution in [3.63, 3.8) is 0 Å². The highest BCUT2D eigenvalue weighted by Crippen LogP contribution is 2.37. The van der Waals surface area contributed by atoms with E-state index in [-0.39, 0.29) is 17.2 Å². The number of halogens is 1. The molecule has 2 aliphatic rings. The predicted octanol–water partition coefficient (Wildman–Crippen LogP) is 2.39. The normalized spacial score (nSPS) is 20.7. The first kappa shape index (κ1) is 14.4. The summed E-state index contributed by atoms with van der Waals surface area (Å²) in [5.41, 5.74) is 1.58. The Balaban J connectivity index is 1.71. The highest BCUT2D eigenvalue weighted by atomic mass is 35.5. The molecule has 3 rings (SSSR count). The molecule has 0 saturated carbocycles. The van der Waals surface area contributed by atoms with E-state index in [0.29, 0.717) is 30.1 Å².